The lowest BCUT2D eigenvalue weighted by molar-refractivity contribution is -0.144. The summed E-state index contributed by atoms with van der Waals surface area (Å²) in [5.41, 5.74) is 1.94. The van der Waals surface area contributed by atoms with Crippen molar-refractivity contribution in [1.82, 2.24) is 9.88 Å². The highest BCUT2D eigenvalue weighted by atomic mass is 35.5. The maximum atomic E-state index is 13.7. The van der Waals surface area contributed by atoms with Gasteiger partial charge < -0.3 is 14.1 Å². The number of H-pyrrole nitrogens is 1. The van der Waals surface area contributed by atoms with Gasteiger partial charge in [-0.05, 0) is 61.1 Å². The first kappa shape index (κ1) is 24.4. The predicted octanol–water partition coefficient (Wildman–Crippen LogP) is 6.00. The van der Waals surface area contributed by atoms with Crippen molar-refractivity contribution >= 4 is 38.5 Å². The van der Waals surface area contributed by atoms with E-state index in [0.717, 1.165) is 49.4 Å². The van der Waals surface area contributed by atoms with Gasteiger partial charge in [0.05, 0.1) is 11.3 Å². The zero-order chi connectivity index (χ0) is 24.0. The van der Waals surface area contributed by atoms with E-state index in [1.54, 1.807) is 12.1 Å². The number of carbonyl (C=O) groups is 1. The summed E-state index contributed by atoms with van der Waals surface area (Å²) >= 11 is 6.32. The number of fused-ring (bicyclic) bond motifs is 3. The Morgan fingerprint density at radius 2 is 2.12 bits per heavy atom. The number of aromatic nitrogens is 1. The first-order chi connectivity index (χ1) is 15.5. The zero-order valence-electron chi connectivity index (χ0n) is 20.0. The average molecular weight is 495 g/mol. The molecule has 1 N–H and O–H groups in total. The van der Waals surface area contributed by atoms with Gasteiger partial charge in [0, 0.05) is 35.6 Å². The molecular weight excluding hydrogens is 460 g/mol. The zero-order valence-corrected chi connectivity index (χ0v) is 21.6. The summed E-state index contributed by atoms with van der Waals surface area (Å²) < 4.78 is 29.0. The molecule has 1 aliphatic carbocycles. The molecule has 33 heavy (non-hydrogen) atoms. The summed E-state index contributed by atoms with van der Waals surface area (Å²) in [6, 6.07) is 4.05. The van der Waals surface area contributed by atoms with Crippen molar-refractivity contribution in [2.75, 3.05) is 6.26 Å². The third-order valence-corrected chi connectivity index (χ3v) is 8.27. The number of aromatic amines is 1. The van der Waals surface area contributed by atoms with Crippen molar-refractivity contribution in [3.63, 3.8) is 0 Å². The lowest BCUT2D eigenvalue weighted by Gasteiger charge is -2.53. The smallest absolute Gasteiger partial charge is 0.306 e. The minimum Gasteiger partial charge on any atom is -0.380 e. The quantitative estimate of drug-likeness (QED) is 0.478. The van der Waals surface area contributed by atoms with Gasteiger partial charge in [0.1, 0.15) is 0 Å². The highest BCUT2D eigenvalue weighted by Crippen LogP contribution is 2.48. The fraction of sp³-hybridized carbons (Fsp3) is 0.640. The van der Waals surface area contributed by atoms with E-state index in [1.165, 1.54) is 12.8 Å². The molecular formula is C25H35ClN2O4S. The van der Waals surface area contributed by atoms with Crippen LogP contribution >= 0.6 is 11.6 Å². The van der Waals surface area contributed by atoms with Crippen molar-refractivity contribution < 1.29 is 17.4 Å². The summed E-state index contributed by atoms with van der Waals surface area (Å²) in [7, 11) is -3.75. The largest absolute Gasteiger partial charge is 0.380 e. The minimum atomic E-state index is -3.75. The lowest BCUT2D eigenvalue weighted by Crippen LogP contribution is -2.56. The number of amides is 1. The van der Waals surface area contributed by atoms with Crippen LogP contribution in [0.25, 0.3) is 10.9 Å². The Bertz CT molecular complexity index is 1140. The summed E-state index contributed by atoms with van der Waals surface area (Å²) in [6.45, 7) is 6.59. The Morgan fingerprint density at radius 1 is 1.36 bits per heavy atom. The molecule has 1 aromatic heterocycles. The number of piperidine rings is 1. The van der Waals surface area contributed by atoms with E-state index >= 15 is 0 Å². The second-order valence-corrected chi connectivity index (χ2v) is 12.4. The molecule has 1 saturated heterocycles. The number of carbonyl (C=O) groups excluding carboxylic acids is 1. The maximum Gasteiger partial charge on any atom is 0.306 e. The molecule has 2 bridgehead atoms. The Kier molecular flexibility index (Phi) is 6.76. The van der Waals surface area contributed by atoms with E-state index in [2.05, 4.69) is 23.7 Å². The molecule has 182 valence electrons. The molecule has 1 saturated carbocycles. The Labute approximate surface area is 202 Å². The molecule has 0 spiro atoms. The van der Waals surface area contributed by atoms with E-state index in [-0.39, 0.29) is 22.6 Å². The van der Waals surface area contributed by atoms with Gasteiger partial charge in [-0.1, -0.05) is 45.2 Å². The average Bonchev–Trinajstić information content (AvgIpc) is 3.13. The van der Waals surface area contributed by atoms with Gasteiger partial charge >= 0.3 is 10.1 Å². The Balaban J connectivity index is 1.62. The maximum absolute atomic E-state index is 13.7. The van der Waals surface area contributed by atoms with Gasteiger partial charge in [0.15, 0.2) is 5.75 Å². The van der Waals surface area contributed by atoms with E-state index in [4.69, 9.17) is 15.8 Å². The lowest BCUT2D eigenvalue weighted by atomic mass is 9.65. The van der Waals surface area contributed by atoms with E-state index in [9.17, 15) is 13.2 Å². The summed E-state index contributed by atoms with van der Waals surface area (Å²) in [5.74, 6) is 0.194. The number of nitrogens with zero attached hydrogens (tertiary/aromatic N) is 1. The van der Waals surface area contributed by atoms with Crippen LogP contribution in [0.3, 0.4) is 0 Å². The van der Waals surface area contributed by atoms with Crippen LogP contribution in [0.5, 0.6) is 5.75 Å². The monoisotopic (exact) mass is 494 g/mol. The highest BCUT2D eigenvalue weighted by Gasteiger charge is 2.45. The minimum absolute atomic E-state index is 0.120. The van der Waals surface area contributed by atoms with Gasteiger partial charge in [-0.25, -0.2) is 0 Å². The standard InChI is InChI=1S/C25H35ClN2O4S/c1-5-7-17-13-25(3)11-6-8-18(14-25)28(17)22(29)12-16(2)19-15-27-21-10-9-20(26)24(23(19)21)32-33(4,30)31/h9-10,15-18,27H,5-8,11-14H2,1-4H3. The van der Waals surface area contributed by atoms with Crippen molar-refractivity contribution in [3.05, 3.63) is 28.9 Å². The third-order valence-electron chi connectivity index (χ3n) is 7.50. The molecule has 6 nitrogen and oxygen atoms in total. The number of hydrogen-bond acceptors (Lipinski definition) is 4. The summed E-state index contributed by atoms with van der Waals surface area (Å²) in [4.78, 5) is 19.1. The van der Waals surface area contributed by atoms with Crippen LogP contribution < -0.4 is 4.18 Å². The first-order valence-electron chi connectivity index (χ1n) is 12.0. The fourth-order valence-corrected chi connectivity index (χ4v) is 6.92. The molecule has 2 aromatic rings. The van der Waals surface area contributed by atoms with Crippen LogP contribution in [-0.2, 0) is 14.9 Å². The van der Waals surface area contributed by atoms with Crippen LogP contribution in [0.15, 0.2) is 18.3 Å². The van der Waals surface area contributed by atoms with Crippen LogP contribution in [0.2, 0.25) is 5.02 Å². The topological polar surface area (TPSA) is 79.5 Å². The van der Waals surface area contributed by atoms with Crippen LogP contribution in [-0.4, -0.2) is 42.5 Å². The summed E-state index contributed by atoms with van der Waals surface area (Å²) in [5, 5.41) is 0.857. The van der Waals surface area contributed by atoms with Gasteiger partial charge in [-0.15, -0.1) is 0 Å². The van der Waals surface area contributed by atoms with E-state index in [0.29, 0.717) is 29.3 Å². The fourth-order valence-electron chi connectivity index (χ4n) is 6.20. The number of nitrogens with one attached hydrogen (secondary N) is 1. The molecule has 8 heteroatoms. The second kappa shape index (κ2) is 9.14. The Hall–Kier alpha value is -1.73. The number of likely N-dealkylation sites (tertiary alicyclic amines) is 1. The molecule has 4 atom stereocenters. The number of hydrogen-bond donors (Lipinski definition) is 1. The van der Waals surface area contributed by atoms with Crippen molar-refractivity contribution in [3.8, 4) is 5.75 Å². The number of rotatable bonds is 7. The molecule has 1 amide bonds. The third kappa shape index (κ3) is 5.04. The molecule has 2 heterocycles. The van der Waals surface area contributed by atoms with Gasteiger partial charge in [-0.3, -0.25) is 4.79 Å². The van der Waals surface area contributed by atoms with Crippen LogP contribution in [0.4, 0.5) is 0 Å². The molecule has 2 aliphatic rings. The normalized spacial score (nSPS) is 26.4. The molecule has 1 aromatic carbocycles. The SMILES string of the molecule is CCCC1CC2(C)CCCC(C2)N1C(=O)CC(C)c1c[nH]c2ccc(Cl)c(OS(C)(=O)=O)c12. The number of halogens is 1. The molecule has 4 rings (SSSR count). The van der Waals surface area contributed by atoms with Crippen molar-refractivity contribution in [1.29, 1.82) is 0 Å². The predicted molar refractivity (Wildman–Crippen MR) is 132 cm³/mol. The van der Waals surface area contributed by atoms with Crippen molar-refractivity contribution in [2.45, 2.75) is 90.1 Å². The molecule has 1 aliphatic heterocycles. The molecule has 4 unspecified atom stereocenters. The van der Waals surface area contributed by atoms with Crippen LogP contribution in [0.1, 0.15) is 83.6 Å². The van der Waals surface area contributed by atoms with Gasteiger partial charge in [0.2, 0.25) is 5.91 Å². The Morgan fingerprint density at radius 3 is 2.82 bits per heavy atom. The van der Waals surface area contributed by atoms with E-state index in [1.807, 2.05) is 13.1 Å². The summed E-state index contributed by atoms with van der Waals surface area (Å²) in [6.07, 6.45) is 11.1. The number of benzene rings is 1. The van der Waals surface area contributed by atoms with Gasteiger partial charge in [-0.2, -0.15) is 8.42 Å². The van der Waals surface area contributed by atoms with Crippen molar-refractivity contribution in [2.24, 2.45) is 5.41 Å². The molecule has 0 radical (unpaired) electrons. The highest BCUT2D eigenvalue weighted by molar-refractivity contribution is 7.86. The first-order valence-corrected chi connectivity index (χ1v) is 14.2. The van der Waals surface area contributed by atoms with Gasteiger partial charge in [0.25, 0.3) is 0 Å². The van der Waals surface area contributed by atoms with E-state index < -0.39 is 10.1 Å². The van der Waals surface area contributed by atoms with Crippen LogP contribution in [0, 0.1) is 5.41 Å². The second-order valence-electron chi connectivity index (χ2n) is 10.4. The molecule has 2 fully saturated rings.